The van der Waals surface area contributed by atoms with Crippen molar-refractivity contribution in [2.45, 2.75) is 25.0 Å². The SMILES string of the molecule is O=C(NCC(=O)N(c1ccccc1Cl)[C@@H](C(=O)NC[C@H]1CCCO1)c1ccccc1)c1ccco1. The topological polar surface area (TPSA) is 101 Å². The van der Waals surface area contributed by atoms with Crippen LogP contribution in [0.1, 0.15) is 35.0 Å². The lowest BCUT2D eigenvalue weighted by molar-refractivity contribution is -0.126. The van der Waals surface area contributed by atoms with Gasteiger partial charge in [-0.25, -0.2) is 0 Å². The summed E-state index contributed by atoms with van der Waals surface area (Å²) >= 11 is 6.48. The fraction of sp³-hybridized carbons (Fsp3) is 0.269. The maximum atomic E-state index is 13.6. The standard InChI is InChI=1S/C26H26ClN3O5/c27-20-11-4-5-12-21(20)30(23(31)17-29-25(32)22-13-7-15-35-22)24(18-8-2-1-3-9-18)26(33)28-16-19-10-6-14-34-19/h1-5,7-9,11-13,15,19,24H,6,10,14,16-17H2,(H,28,33)(H,29,32)/t19-,24-/m1/s1. The van der Waals surface area contributed by atoms with Gasteiger partial charge in [0.2, 0.25) is 11.8 Å². The Kier molecular flexibility index (Phi) is 8.18. The summed E-state index contributed by atoms with van der Waals surface area (Å²) in [7, 11) is 0. The lowest BCUT2D eigenvalue weighted by atomic mass is 10.0. The number of carbonyl (C=O) groups excluding carboxylic acids is 3. The largest absolute Gasteiger partial charge is 0.459 e. The molecule has 2 heterocycles. The second-order valence-electron chi connectivity index (χ2n) is 8.07. The van der Waals surface area contributed by atoms with Crippen LogP contribution in [0.15, 0.2) is 77.4 Å². The Morgan fingerprint density at radius 2 is 1.77 bits per heavy atom. The predicted octanol–water partition coefficient (Wildman–Crippen LogP) is 3.73. The van der Waals surface area contributed by atoms with Gasteiger partial charge in [-0.1, -0.05) is 54.1 Å². The second kappa shape index (κ2) is 11.7. The molecule has 9 heteroatoms. The number of rotatable bonds is 9. The van der Waals surface area contributed by atoms with Gasteiger partial charge in [0.1, 0.15) is 6.04 Å². The maximum absolute atomic E-state index is 13.6. The maximum Gasteiger partial charge on any atom is 0.287 e. The van der Waals surface area contributed by atoms with Crippen molar-refractivity contribution in [2.24, 2.45) is 0 Å². The van der Waals surface area contributed by atoms with Crippen molar-refractivity contribution in [1.82, 2.24) is 10.6 Å². The number of hydrogen-bond donors (Lipinski definition) is 2. The Hall–Kier alpha value is -3.62. The highest BCUT2D eigenvalue weighted by Crippen LogP contribution is 2.33. The van der Waals surface area contributed by atoms with Gasteiger partial charge in [-0.3, -0.25) is 19.3 Å². The zero-order valence-corrected chi connectivity index (χ0v) is 19.7. The minimum absolute atomic E-state index is 0.0626. The summed E-state index contributed by atoms with van der Waals surface area (Å²) in [5.74, 6) is -1.35. The lowest BCUT2D eigenvalue weighted by Crippen LogP contribution is -2.48. The highest BCUT2D eigenvalue weighted by Gasteiger charge is 2.34. The molecule has 182 valence electrons. The number of hydrogen-bond acceptors (Lipinski definition) is 5. The van der Waals surface area contributed by atoms with Crippen LogP contribution in [0, 0.1) is 0 Å². The van der Waals surface area contributed by atoms with Gasteiger partial charge < -0.3 is 19.8 Å². The highest BCUT2D eigenvalue weighted by molar-refractivity contribution is 6.34. The minimum Gasteiger partial charge on any atom is -0.459 e. The van der Waals surface area contributed by atoms with Crippen molar-refractivity contribution in [3.8, 4) is 0 Å². The number of furan rings is 1. The summed E-state index contributed by atoms with van der Waals surface area (Å²) in [5, 5.41) is 5.79. The average molecular weight is 496 g/mol. The molecule has 35 heavy (non-hydrogen) atoms. The first-order valence-electron chi connectivity index (χ1n) is 11.4. The molecule has 1 saturated heterocycles. The van der Waals surface area contributed by atoms with Gasteiger partial charge in [0.05, 0.1) is 29.6 Å². The van der Waals surface area contributed by atoms with E-state index in [9.17, 15) is 14.4 Å². The number of nitrogens with zero attached hydrogens (tertiary/aromatic N) is 1. The van der Waals surface area contributed by atoms with Crippen molar-refractivity contribution < 1.29 is 23.5 Å². The van der Waals surface area contributed by atoms with Crippen molar-refractivity contribution >= 4 is 35.0 Å². The molecule has 2 aromatic carbocycles. The fourth-order valence-corrected chi connectivity index (χ4v) is 4.20. The molecule has 3 amide bonds. The van der Waals surface area contributed by atoms with Gasteiger partial charge >= 0.3 is 0 Å². The second-order valence-corrected chi connectivity index (χ2v) is 8.48. The number of amides is 3. The summed E-state index contributed by atoms with van der Waals surface area (Å²) in [6.07, 6.45) is 3.12. The number of benzene rings is 2. The zero-order chi connectivity index (χ0) is 24.6. The van der Waals surface area contributed by atoms with E-state index in [1.807, 2.05) is 6.07 Å². The third-order valence-electron chi connectivity index (χ3n) is 5.68. The van der Waals surface area contributed by atoms with Crippen molar-refractivity contribution in [3.63, 3.8) is 0 Å². The molecule has 1 fully saturated rings. The van der Waals surface area contributed by atoms with Gasteiger partial charge in [-0.05, 0) is 42.7 Å². The van der Waals surface area contributed by atoms with Gasteiger partial charge in [0.15, 0.2) is 5.76 Å². The van der Waals surface area contributed by atoms with E-state index >= 15 is 0 Å². The molecule has 2 N–H and O–H groups in total. The molecule has 0 bridgehead atoms. The van der Waals surface area contributed by atoms with Crippen LogP contribution >= 0.6 is 11.6 Å². The van der Waals surface area contributed by atoms with Crippen LogP contribution in [0.4, 0.5) is 5.69 Å². The van der Waals surface area contributed by atoms with Gasteiger partial charge in [-0.2, -0.15) is 0 Å². The molecule has 3 aromatic rings. The quantitative estimate of drug-likeness (QED) is 0.471. The molecular formula is C26H26ClN3O5. The third kappa shape index (κ3) is 6.09. The van der Waals surface area contributed by atoms with E-state index in [0.717, 1.165) is 12.8 Å². The highest BCUT2D eigenvalue weighted by atomic mass is 35.5. The van der Waals surface area contributed by atoms with Crippen molar-refractivity contribution in [3.05, 3.63) is 89.3 Å². The number of nitrogens with one attached hydrogen (secondary N) is 2. The Labute approximate surface area is 208 Å². The molecule has 8 nitrogen and oxygen atoms in total. The molecule has 0 spiro atoms. The first-order chi connectivity index (χ1) is 17.0. The number of halogens is 1. The van der Waals surface area contributed by atoms with E-state index in [-0.39, 0.29) is 24.3 Å². The van der Waals surface area contributed by atoms with E-state index in [1.165, 1.54) is 17.2 Å². The molecule has 4 rings (SSSR count). The van der Waals surface area contributed by atoms with Crippen LogP contribution in [0.5, 0.6) is 0 Å². The van der Waals surface area contributed by atoms with Crippen molar-refractivity contribution in [1.29, 1.82) is 0 Å². The molecular weight excluding hydrogens is 470 g/mol. The van der Waals surface area contributed by atoms with Crippen LogP contribution in [0.25, 0.3) is 0 Å². The Bertz CT molecular complexity index is 1150. The van der Waals surface area contributed by atoms with E-state index < -0.39 is 17.9 Å². The molecule has 2 atom stereocenters. The molecule has 0 unspecified atom stereocenters. The number of ether oxygens (including phenoxy) is 1. The zero-order valence-electron chi connectivity index (χ0n) is 19.0. The Morgan fingerprint density at radius 3 is 2.46 bits per heavy atom. The van der Waals surface area contributed by atoms with Gasteiger partial charge in [-0.15, -0.1) is 0 Å². The normalized spacial score (nSPS) is 15.9. The minimum atomic E-state index is -1.02. The third-order valence-corrected chi connectivity index (χ3v) is 6.00. The number of anilines is 1. The number of carbonyl (C=O) groups is 3. The summed E-state index contributed by atoms with van der Waals surface area (Å²) < 4.78 is 10.7. The van der Waals surface area contributed by atoms with Crippen LogP contribution in [-0.2, 0) is 14.3 Å². The molecule has 0 radical (unpaired) electrons. The average Bonchev–Trinajstić information content (AvgIpc) is 3.60. The van der Waals surface area contributed by atoms with Crippen LogP contribution in [-0.4, -0.2) is 43.5 Å². The first kappa shape index (κ1) is 24.5. The number of para-hydroxylation sites is 1. The molecule has 0 saturated carbocycles. The Morgan fingerprint density at radius 1 is 1.00 bits per heavy atom. The smallest absolute Gasteiger partial charge is 0.287 e. The van der Waals surface area contributed by atoms with Crippen LogP contribution < -0.4 is 15.5 Å². The summed E-state index contributed by atoms with van der Waals surface area (Å²) in [6, 6.07) is 17.8. The van der Waals surface area contributed by atoms with Crippen LogP contribution in [0.2, 0.25) is 5.02 Å². The molecule has 1 aliphatic heterocycles. The summed E-state index contributed by atoms with van der Waals surface area (Å²) in [4.78, 5) is 40.8. The van der Waals surface area contributed by atoms with E-state index in [1.54, 1.807) is 54.6 Å². The first-order valence-corrected chi connectivity index (χ1v) is 11.7. The molecule has 1 aromatic heterocycles. The molecule has 1 aliphatic rings. The Balaban J connectivity index is 1.64. The van der Waals surface area contributed by atoms with Crippen LogP contribution in [0.3, 0.4) is 0 Å². The summed E-state index contributed by atoms with van der Waals surface area (Å²) in [6.45, 7) is 0.636. The van der Waals surface area contributed by atoms with E-state index in [2.05, 4.69) is 10.6 Å². The lowest BCUT2D eigenvalue weighted by Gasteiger charge is -2.32. The van der Waals surface area contributed by atoms with Crippen molar-refractivity contribution in [2.75, 3.05) is 24.6 Å². The fourth-order valence-electron chi connectivity index (χ4n) is 3.97. The van der Waals surface area contributed by atoms with Gasteiger partial charge in [0.25, 0.3) is 5.91 Å². The van der Waals surface area contributed by atoms with E-state index in [0.29, 0.717) is 29.4 Å². The molecule has 0 aliphatic carbocycles. The summed E-state index contributed by atoms with van der Waals surface area (Å²) in [5.41, 5.74) is 0.954. The van der Waals surface area contributed by atoms with E-state index in [4.69, 9.17) is 20.8 Å². The monoisotopic (exact) mass is 495 g/mol. The van der Waals surface area contributed by atoms with Gasteiger partial charge in [0, 0.05) is 13.2 Å². The predicted molar refractivity (Wildman–Crippen MR) is 131 cm³/mol.